The third-order valence-corrected chi connectivity index (χ3v) is 4.40. The van der Waals surface area contributed by atoms with Gasteiger partial charge in [-0.2, -0.15) is 0 Å². The molecule has 0 spiro atoms. The first-order valence-electron chi connectivity index (χ1n) is 8.40. The topological polar surface area (TPSA) is 66.8 Å². The number of morpholine rings is 1. The van der Waals surface area contributed by atoms with Gasteiger partial charge in [0, 0.05) is 12.1 Å². The number of hydrogen-bond donors (Lipinski definition) is 1. The molecule has 0 bridgehead atoms. The molecule has 1 saturated heterocycles. The highest BCUT2D eigenvalue weighted by molar-refractivity contribution is 5.96. The van der Waals surface area contributed by atoms with E-state index in [4.69, 9.17) is 9.84 Å². The van der Waals surface area contributed by atoms with E-state index in [9.17, 15) is 9.59 Å². The van der Waals surface area contributed by atoms with E-state index in [1.807, 2.05) is 42.5 Å². The van der Waals surface area contributed by atoms with Crippen LogP contribution in [-0.2, 0) is 22.4 Å². The Hall–Kier alpha value is -2.66. The molecule has 0 unspecified atom stereocenters. The van der Waals surface area contributed by atoms with Crippen LogP contribution in [0.2, 0.25) is 0 Å². The Labute approximate surface area is 146 Å². The number of amides is 1. The van der Waals surface area contributed by atoms with E-state index in [0.717, 1.165) is 18.4 Å². The fourth-order valence-electron chi connectivity index (χ4n) is 3.02. The summed E-state index contributed by atoms with van der Waals surface area (Å²) >= 11 is 0. The number of nitrogens with zero attached hydrogens (tertiary/aromatic N) is 1. The average Bonchev–Trinajstić information content (AvgIpc) is 2.67. The molecule has 25 heavy (non-hydrogen) atoms. The average molecular weight is 339 g/mol. The fourth-order valence-corrected chi connectivity index (χ4v) is 3.02. The molecule has 1 aliphatic heterocycles. The zero-order valence-electron chi connectivity index (χ0n) is 13.9. The lowest BCUT2D eigenvalue weighted by atomic mass is 9.99. The first-order chi connectivity index (χ1) is 12.1. The van der Waals surface area contributed by atoms with Crippen LogP contribution in [0.25, 0.3) is 0 Å². The van der Waals surface area contributed by atoms with Gasteiger partial charge in [-0.25, -0.2) is 4.79 Å². The Kier molecular flexibility index (Phi) is 5.46. The summed E-state index contributed by atoms with van der Waals surface area (Å²) in [5.74, 6) is -1.16. The number of benzene rings is 2. The minimum Gasteiger partial charge on any atom is -0.479 e. The minimum atomic E-state index is -1.03. The predicted octanol–water partition coefficient (Wildman–Crippen LogP) is 2.40. The maximum atomic E-state index is 12.9. The van der Waals surface area contributed by atoms with Crippen LogP contribution in [0.3, 0.4) is 0 Å². The quantitative estimate of drug-likeness (QED) is 0.908. The Morgan fingerprint density at radius 1 is 1.04 bits per heavy atom. The van der Waals surface area contributed by atoms with Crippen molar-refractivity contribution in [2.75, 3.05) is 19.7 Å². The standard InChI is InChI=1S/C20H21NO4/c22-19(21-12-13-25-18(14-21)20(23)24)17-9-5-4-8-16(17)11-10-15-6-2-1-3-7-15/h1-9,18H,10-14H2,(H,23,24)/t18-/m0/s1. The number of rotatable bonds is 5. The van der Waals surface area contributed by atoms with Crippen LogP contribution in [0.1, 0.15) is 21.5 Å². The van der Waals surface area contributed by atoms with Crippen LogP contribution in [-0.4, -0.2) is 47.7 Å². The third kappa shape index (κ3) is 4.25. The first-order valence-corrected chi connectivity index (χ1v) is 8.40. The predicted molar refractivity (Wildman–Crippen MR) is 93.6 cm³/mol. The maximum absolute atomic E-state index is 12.9. The number of carboxylic acids is 1. The lowest BCUT2D eigenvalue weighted by Gasteiger charge is -2.31. The van der Waals surface area contributed by atoms with Gasteiger partial charge in [0.25, 0.3) is 5.91 Å². The Balaban J connectivity index is 1.73. The zero-order valence-corrected chi connectivity index (χ0v) is 13.9. The van der Waals surface area contributed by atoms with E-state index in [1.165, 1.54) is 5.56 Å². The summed E-state index contributed by atoms with van der Waals surface area (Å²) in [6.45, 7) is 0.742. The van der Waals surface area contributed by atoms with Gasteiger partial charge >= 0.3 is 5.97 Å². The van der Waals surface area contributed by atoms with Crippen molar-refractivity contribution in [2.24, 2.45) is 0 Å². The molecule has 1 N–H and O–H groups in total. The summed E-state index contributed by atoms with van der Waals surface area (Å²) in [5, 5.41) is 9.11. The summed E-state index contributed by atoms with van der Waals surface area (Å²) in [4.78, 5) is 25.6. The van der Waals surface area contributed by atoms with Crippen molar-refractivity contribution in [3.8, 4) is 0 Å². The molecule has 5 nitrogen and oxygen atoms in total. The highest BCUT2D eigenvalue weighted by atomic mass is 16.5. The van der Waals surface area contributed by atoms with Gasteiger partial charge in [0.2, 0.25) is 0 Å². The molecule has 0 saturated carbocycles. The first kappa shape index (κ1) is 17.2. The van der Waals surface area contributed by atoms with E-state index in [0.29, 0.717) is 12.1 Å². The van der Waals surface area contributed by atoms with Gasteiger partial charge in [-0.1, -0.05) is 48.5 Å². The maximum Gasteiger partial charge on any atom is 0.334 e. The summed E-state index contributed by atoms with van der Waals surface area (Å²) in [6, 6.07) is 17.7. The molecule has 1 atom stereocenters. The fraction of sp³-hybridized carbons (Fsp3) is 0.300. The molecule has 1 heterocycles. The molecule has 0 radical (unpaired) electrons. The zero-order chi connectivity index (χ0) is 17.6. The summed E-state index contributed by atoms with van der Waals surface area (Å²) < 4.78 is 5.20. The normalized spacial score (nSPS) is 17.3. The van der Waals surface area contributed by atoms with Crippen LogP contribution < -0.4 is 0 Å². The molecular formula is C20H21NO4. The Bertz CT molecular complexity index is 744. The van der Waals surface area contributed by atoms with E-state index in [2.05, 4.69) is 12.1 Å². The highest BCUT2D eigenvalue weighted by Gasteiger charge is 2.30. The number of ether oxygens (including phenoxy) is 1. The smallest absolute Gasteiger partial charge is 0.334 e. The monoisotopic (exact) mass is 339 g/mol. The van der Waals surface area contributed by atoms with Crippen LogP contribution in [0.5, 0.6) is 0 Å². The second-order valence-corrected chi connectivity index (χ2v) is 6.09. The van der Waals surface area contributed by atoms with Gasteiger partial charge in [0.1, 0.15) is 0 Å². The second-order valence-electron chi connectivity index (χ2n) is 6.09. The molecule has 1 amide bonds. The van der Waals surface area contributed by atoms with Crippen molar-refractivity contribution in [3.63, 3.8) is 0 Å². The molecule has 130 valence electrons. The summed E-state index contributed by atoms with van der Waals surface area (Å²) in [7, 11) is 0. The number of carbonyl (C=O) groups is 2. The number of aryl methyl sites for hydroxylation is 2. The molecule has 5 heteroatoms. The summed E-state index contributed by atoms with van der Waals surface area (Å²) in [5.41, 5.74) is 2.85. The molecule has 1 fully saturated rings. The molecular weight excluding hydrogens is 318 g/mol. The minimum absolute atomic E-state index is 0.0845. The van der Waals surface area contributed by atoms with Gasteiger partial charge in [-0.3, -0.25) is 4.79 Å². The van der Waals surface area contributed by atoms with Crippen LogP contribution in [0, 0.1) is 0 Å². The number of carbonyl (C=O) groups excluding carboxylic acids is 1. The van der Waals surface area contributed by atoms with Crippen molar-refractivity contribution in [1.82, 2.24) is 4.90 Å². The second kappa shape index (κ2) is 7.94. The van der Waals surface area contributed by atoms with Gasteiger partial charge in [-0.15, -0.1) is 0 Å². The molecule has 2 aromatic rings. The van der Waals surface area contributed by atoms with E-state index >= 15 is 0 Å². The number of hydrogen-bond acceptors (Lipinski definition) is 3. The van der Waals surface area contributed by atoms with Gasteiger partial charge in [-0.05, 0) is 30.0 Å². The van der Waals surface area contributed by atoms with E-state index in [-0.39, 0.29) is 19.1 Å². The lowest BCUT2D eigenvalue weighted by molar-refractivity contribution is -0.154. The third-order valence-electron chi connectivity index (χ3n) is 4.40. The van der Waals surface area contributed by atoms with Gasteiger partial charge in [0.15, 0.2) is 6.10 Å². The Morgan fingerprint density at radius 3 is 2.52 bits per heavy atom. The van der Waals surface area contributed by atoms with Crippen molar-refractivity contribution in [2.45, 2.75) is 18.9 Å². The molecule has 3 rings (SSSR count). The number of carboxylic acid groups (broad SMARTS) is 1. The lowest BCUT2D eigenvalue weighted by Crippen LogP contribution is -2.48. The van der Waals surface area contributed by atoms with Crippen molar-refractivity contribution >= 4 is 11.9 Å². The van der Waals surface area contributed by atoms with Crippen molar-refractivity contribution < 1.29 is 19.4 Å². The molecule has 0 aliphatic carbocycles. The summed E-state index contributed by atoms with van der Waals surface area (Å²) in [6.07, 6.45) is 0.666. The number of aliphatic carboxylic acids is 1. The van der Waals surface area contributed by atoms with Crippen LogP contribution >= 0.6 is 0 Å². The molecule has 2 aromatic carbocycles. The Morgan fingerprint density at radius 2 is 1.76 bits per heavy atom. The van der Waals surface area contributed by atoms with Gasteiger partial charge < -0.3 is 14.7 Å². The SMILES string of the molecule is O=C(O)[C@@H]1CN(C(=O)c2ccccc2CCc2ccccc2)CCO1. The highest BCUT2D eigenvalue weighted by Crippen LogP contribution is 2.17. The van der Waals surface area contributed by atoms with E-state index in [1.54, 1.807) is 4.90 Å². The van der Waals surface area contributed by atoms with E-state index < -0.39 is 12.1 Å². The van der Waals surface area contributed by atoms with Gasteiger partial charge in [0.05, 0.1) is 13.2 Å². The van der Waals surface area contributed by atoms with Crippen LogP contribution in [0.4, 0.5) is 0 Å². The molecule has 0 aromatic heterocycles. The molecule has 1 aliphatic rings. The van der Waals surface area contributed by atoms with Crippen molar-refractivity contribution in [1.29, 1.82) is 0 Å². The van der Waals surface area contributed by atoms with Crippen LogP contribution in [0.15, 0.2) is 54.6 Å². The largest absolute Gasteiger partial charge is 0.479 e. The van der Waals surface area contributed by atoms with Crippen molar-refractivity contribution in [3.05, 3.63) is 71.3 Å².